The van der Waals surface area contributed by atoms with Gasteiger partial charge in [0.05, 0.1) is 24.0 Å². The molecule has 0 saturated heterocycles. The molecule has 10 heteroatoms. The molecule has 0 aliphatic heterocycles. The van der Waals surface area contributed by atoms with Crippen LogP contribution in [0.25, 0.3) is 21.9 Å². The molecule has 0 unspecified atom stereocenters. The van der Waals surface area contributed by atoms with Crippen LogP contribution in [0, 0.1) is 0 Å². The summed E-state index contributed by atoms with van der Waals surface area (Å²) in [5.41, 5.74) is 3.62. The molecule has 0 spiro atoms. The standard InChI is InChI=1S/C32H24N2O7S/c1-41-32(37)25-14-12-23(13-15-25)30(35)33-26-18-16-21(17-19-26)20-8-10-24(11-9-20)31(36)34-27-6-2-4-22-5-3-7-28(29(22)27)42(38,39)40/h2-19H,1H3,(H,33,35)(H,34,36)(H,38,39,40). The molecule has 1 amide bonds. The van der Waals surface area contributed by atoms with Gasteiger partial charge in [0.2, 0.25) is 5.90 Å². The number of benzene rings is 5. The number of ether oxygens (including phenoxy) is 1. The number of rotatable bonds is 7. The number of aliphatic hydroxyl groups excluding tert-OH is 1. The van der Waals surface area contributed by atoms with Gasteiger partial charge in [0.25, 0.3) is 16.0 Å². The molecule has 9 nitrogen and oxygen atoms in total. The van der Waals surface area contributed by atoms with Crippen LogP contribution in [0.3, 0.4) is 0 Å². The molecular formula is C32H24N2O7S. The Kier molecular flexibility index (Phi) is 7.83. The average molecular weight is 581 g/mol. The Morgan fingerprint density at radius 1 is 0.738 bits per heavy atom. The second-order valence-electron chi connectivity index (χ2n) is 9.22. The molecule has 0 aliphatic carbocycles. The zero-order chi connectivity index (χ0) is 29.9. The van der Waals surface area contributed by atoms with Crippen LogP contribution in [-0.2, 0) is 14.9 Å². The maximum Gasteiger partial charge on any atom is 0.337 e. The number of fused-ring (bicyclic) bond motifs is 1. The summed E-state index contributed by atoms with van der Waals surface area (Å²) in [6.45, 7) is 0. The lowest BCUT2D eigenvalue weighted by Gasteiger charge is -2.12. The zero-order valence-corrected chi connectivity index (χ0v) is 23.0. The number of aliphatic hydroxyl groups is 1. The fourth-order valence-electron chi connectivity index (χ4n) is 4.42. The van der Waals surface area contributed by atoms with Crippen molar-refractivity contribution in [1.29, 1.82) is 0 Å². The molecule has 5 rings (SSSR count). The Labute approximate surface area is 241 Å². The first kappa shape index (κ1) is 28.2. The highest BCUT2D eigenvalue weighted by Crippen LogP contribution is 2.31. The Hall–Kier alpha value is -5.32. The van der Waals surface area contributed by atoms with Crippen LogP contribution in [0.4, 0.5) is 11.4 Å². The van der Waals surface area contributed by atoms with E-state index in [2.05, 4.69) is 15.0 Å². The second kappa shape index (κ2) is 11.7. The molecule has 0 aliphatic rings. The molecule has 5 aromatic rings. The highest BCUT2D eigenvalue weighted by atomic mass is 32.2. The summed E-state index contributed by atoms with van der Waals surface area (Å²) in [6, 6.07) is 29.7. The molecule has 210 valence electrons. The summed E-state index contributed by atoms with van der Waals surface area (Å²) in [7, 11) is -3.21. The van der Waals surface area contributed by atoms with Gasteiger partial charge in [-0.2, -0.15) is 8.42 Å². The van der Waals surface area contributed by atoms with Crippen LogP contribution in [0.15, 0.2) is 119 Å². The minimum absolute atomic E-state index is 0.204. The van der Waals surface area contributed by atoms with Crippen molar-refractivity contribution in [3.63, 3.8) is 0 Å². The number of anilines is 1. The average Bonchev–Trinajstić information content (AvgIpc) is 3.00. The number of hydrogen-bond acceptors (Lipinski definition) is 6. The van der Waals surface area contributed by atoms with E-state index in [1.165, 1.54) is 19.2 Å². The van der Waals surface area contributed by atoms with Crippen molar-refractivity contribution in [3.8, 4) is 11.1 Å². The number of carbonyl (C=O) groups is 2. The molecular weight excluding hydrogens is 556 g/mol. The normalized spacial score (nSPS) is 11.7. The summed E-state index contributed by atoms with van der Waals surface area (Å²) < 4.78 is 38.2. The lowest BCUT2D eigenvalue weighted by molar-refractivity contribution is 0.0600. The van der Waals surface area contributed by atoms with Crippen molar-refractivity contribution in [1.82, 2.24) is 0 Å². The SMILES string of the molecule is COC(=O)c1ccc(C(O)=Nc2ccc(-c3ccc(C(=O)Nc4cccc5cccc(S(=O)(=O)O)c45)cc3)cc2)cc1. The van der Waals surface area contributed by atoms with Gasteiger partial charge in [-0.25, -0.2) is 9.79 Å². The first-order valence-electron chi connectivity index (χ1n) is 12.6. The van der Waals surface area contributed by atoms with Crippen LogP contribution in [0.1, 0.15) is 26.3 Å². The summed E-state index contributed by atoms with van der Waals surface area (Å²) in [6.07, 6.45) is 0. The summed E-state index contributed by atoms with van der Waals surface area (Å²) in [4.78, 5) is 28.5. The van der Waals surface area contributed by atoms with E-state index in [1.54, 1.807) is 84.9 Å². The van der Waals surface area contributed by atoms with Crippen molar-refractivity contribution in [2.45, 2.75) is 4.90 Å². The topological polar surface area (TPSA) is 142 Å². The predicted molar refractivity (Wildman–Crippen MR) is 160 cm³/mol. The van der Waals surface area contributed by atoms with E-state index in [0.29, 0.717) is 27.8 Å². The summed E-state index contributed by atoms with van der Waals surface area (Å²) in [5.74, 6) is -1.12. The van der Waals surface area contributed by atoms with E-state index in [9.17, 15) is 27.7 Å². The molecule has 42 heavy (non-hydrogen) atoms. The molecule has 0 radical (unpaired) electrons. The molecule has 0 aromatic heterocycles. The monoisotopic (exact) mass is 580 g/mol. The molecule has 3 N–H and O–H groups in total. The molecule has 0 heterocycles. The molecule has 0 atom stereocenters. The van der Waals surface area contributed by atoms with Gasteiger partial charge in [-0.05, 0) is 77.2 Å². The van der Waals surface area contributed by atoms with E-state index < -0.39 is 22.0 Å². The Bertz CT molecular complexity index is 1930. The van der Waals surface area contributed by atoms with Crippen molar-refractivity contribution >= 4 is 50.0 Å². The van der Waals surface area contributed by atoms with Gasteiger partial charge in [-0.1, -0.05) is 48.5 Å². The number of amides is 1. The van der Waals surface area contributed by atoms with Gasteiger partial charge in [0, 0.05) is 16.5 Å². The highest BCUT2D eigenvalue weighted by Gasteiger charge is 2.18. The number of hydrogen-bond donors (Lipinski definition) is 3. The number of nitrogens with zero attached hydrogens (tertiary/aromatic N) is 1. The maximum absolute atomic E-state index is 13.0. The fourth-order valence-corrected chi connectivity index (χ4v) is 5.16. The Balaban J connectivity index is 1.31. The Morgan fingerprint density at radius 3 is 1.88 bits per heavy atom. The number of methoxy groups -OCH3 is 1. The van der Waals surface area contributed by atoms with E-state index in [1.807, 2.05) is 12.1 Å². The lowest BCUT2D eigenvalue weighted by atomic mass is 10.0. The third-order valence-corrected chi connectivity index (χ3v) is 7.44. The third kappa shape index (κ3) is 6.04. The largest absolute Gasteiger partial charge is 0.493 e. The van der Waals surface area contributed by atoms with E-state index >= 15 is 0 Å². The summed E-state index contributed by atoms with van der Waals surface area (Å²) >= 11 is 0. The van der Waals surface area contributed by atoms with E-state index in [4.69, 9.17) is 0 Å². The maximum atomic E-state index is 13.0. The van der Waals surface area contributed by atoms with Gasteiger partial charge in [0.15, 0.2) is 0 Å². The van der Waals surface area contributed by atoms with Crippen LogP contribution < -0.4 is 5.32 Å². The number of carbonyl (C=O) groups excluding carboxylic acids is 2. The fraction of sp³-hybridized carbons (Fsp3) is 0.0312. The second-order valence-corrected chi connectivity index (χ2v) is 10.6. The van der Waals surface area contributed by atoms with Gasteiger partial charge in [0.1, 0.15) is 4.90 Å². The Morgan fingerprint density at radius 2 is 1.29 bits per heavy atom. The zero-order valence-electron chi connectivity index (χ0n) is 22.2. The third-order valence-electron chi connectivity index (χ3n) is 6.54. The number of esters is 1. The van der Waals surface area contributed by atoms with E-state index in [-0.39, 0.29) is 21.9 Å². The van der Waals surface area contributed by atoms with Crippen molar-refractivity contribution in [3.05, 3.63) is 126 Å². The number of nitrogens with one attached hydrogen (secondary N) is 1. The van der Waals surface area contributed by atoms with Crippen molar-refractivity contribution in [2.75, 3.05) is 12.4 Å². The van der Waals surface area contributed by atoms with Gasteiger partial charge in [-0.3, -0.25) is 9.35 Å². The lowest BCUT2D eigenvalue weighted by Crippen LogP contribution is -2.13. The first-order chi connectivity index (χ1) is 20.1. The molecule has 0 bridgehead atoms. The van der Waals surface area contributed by atoms with Crippen molar-refractivity contribution < 1.29 is 32.4 Å². The predicted octanol–water partition coefficient (Wildman–Crippen LogP) is 6.43. The smallest absolute Gasteiger partial charge is 0.337 e. The van der Waals surface area contributed by atoms with E-state index in [0.717, 1.165) is 11.1 Å². The van der Waals surface area contributed by atoms with Crippen LogP contribution in [0.2, 0.25) is 0 Å². The van der Waals surface area contributed by atoms with Crippen molar-refractivity contribution in [2.24, 2.45) is 4.99 Å². The first-order valence-corrected chi connectivity index (χ1v) is 14.1. The van der Waals surface area contributed by atoms with Crippen LogP contribution in [0.5, 0.6) is 0 Å². The molecule has 5 aromatic carbocycles. The van der Waals surface area contributed by atoms with Crippen LogP contribution >= 0.6 is 0 Å². The molecule has 0 fully saturated rings. The van der Waals surface area contributed by atoms with Gasteiger partial charge >= 0.3 is 5.97 Å². The number of aliphatic imine (C=N–C) groups is 1. The van der Waals surface area contributed by atoms with Gasteiger partial charge < -0.3 is 15.2 Å². The van der Waals surface area contributed by atoms with Gasteiger partial charge in [-0.15, -0.1) is 0 Å². The quantitative estimate of drug-likeness (QED) is 0.0871. The minimum atomic E-state index is -4.51. The summed E-state index contributed by atoms with van der Waals surface area (Å²) in [5, 5.41) is 13.9. The molecule has 0 saturated carbocycles. The highest BCUT2D eigenvalue weighted by molar-refractivity contribution is 7.86. The van der Waals surface area contributed by atoms with Crippen LogP contribution in [-0.4, -0.2) is 43.0 Å². The minimum Gasteiger partial charge on any atom is -0.493 e.